The molecule has 1 aromatic carbocycles. The third-order valence-electron chi connectivity index (χ3n) is 2.96. The summed E-state index contributed by atoms with van der Waals surface area (Å²) in [5.41, 5.74) is 0.698. The Bertz CT molecular complexity index is 382. The van der Waals surface area contributed by atoms with Crippen LogP contribution in [0.4, 0.5) is 8.78 Å². The molecule has 1 rings (SSSR count). The molecule has 0 aliphatic heterocycles. The predicted octanol–water partition coefficient (Wildman–Crippen LogP) is 3.29. The molecule has 102 valence electrons. The van der Waals surface area contributed by atoms with Gasteiger partial charge in [-0.1, -0.05) is 19.9 Å². The van der Waals surface area contributed by atoms with Gasteiger partial charge in [-0.3, -0.25) is 0 Å². The van der Waals surface area contributed by atoms with E-state index < -0.39 is 11.6 Å². The van der Waals surface area contributed by atoms with Gasteiger partial charge in [-0.2, -0.15) is 0 Å². The second kappa shape index (κ2) is 6.81. The van der Waals surface area contributed by atoms with Crippen LogP contribution >= 0.6 is 0 Å². The lowest BCUT2D eigenvalue weighted by atomic mass is 9.93. The van der Waals surface area contributed by atoms with Crippen LogP contribution < -0.4 is 5.32 Å². The number of hydrogen-bond donors (Lipinski definition) is 1. The average molecular weight is 257 g/mol. The summed E-state index contributed by atoms with van der Waals surface area (Å²) in [4.78, 5) is 0. The lowest BCUT2D eigenvalue weighted by molar-refractivity contribution is 0.00452. The van der Waals surface area contributed by atoms with Crippen molar-refractivity contribution in [1.29, 1.82) is 0 Å². The van der Waals surface area contributed by atoms with Crippen LogP contribution in [-0.4, -0.2) is 19.8 Å². The molecule has 1 N–H and O–H groups in total. The summed E-state index contributed by atoms with van der Waals surface area (Å²) in [7, 11) is 1.79. The molecule has 0 spiro atoms. The summed E-state index contributed by atoms with van der Waals surface area (Å²) >= 11 is 0. The average Bonchev–Trinajstić information content (AvgIpc) is 2.33. The van der Waals surface area contributed by atoms with E-state index in [-0.39, 0.29) is 18.1 Å². The summed E-state index contributed by atoms with van der Waals surface area (Å²) < 4.78 is 31.9. The molecule has 1 aromatic rings. The van der Waals surface area contributed by atoms with Crippen molar-refractivity contribution in [2.75, 3.05) is 13.7 Å². The van der Waals surface area contributed by atoms with Gasteiger partial charge in [0.25, 0.3) is 0 Å². The zero-order valence-electron chi connectivity index (χ0n) is 11.3. The molecule has 18 heavy (non-hydrogen) atoms. The Balaban J connectivity index is 3.02. The van der Waals surface area contributed by atoms with Crippen molar-refractivity contribution in [3.8, 4) is 0 Å². The first-order valence-electron chi connectivity index (χ1n) is 6.25. The Morgan fingerprint density at radius 2 is 1.89 bits per heavy atom. The third kappa shape index (κ3) is 3.50. The van der Waals surface area contributed by atoms with Crippen LogP contribution in [0.2, 0.25) is 0 Å². The molecule has 0 heterocycles. The molecule has 0 bridgehead atoms. The lowest BCUT2D eigenvalue weighted by Gasteiger charge is -2.30. The zero-order valence-corrected chi connectivity index (χ0v) is 11.3. The molecule has 2 unspecified atom stereocenters. The molecule has 0 saturated heterocycles. The van der Waals surface area contributed by atoms with Crippen LogP contribution in [0.3, 0.4) is 0 Å². The van der Waals surface area contributed by atoms with Crippen LogP contribution in [-0.2, 0) is 4.74 Å². The topological polar surface area (TPSA) is 21.3 Å². The van der Waals surface area contributed by atoms with Crippen LogP contribution in [0.1, 0.15) is 32.4 Å². The van der Waals surface area contributed by atoms with E-state index >= 15 is 0 Å². The van der Waals surface area contributed by atoms with Gasteiger partial charge in [0.1, 0.15) is 0 Å². The summed E-state index contributed by atoms with van der Waals surface area (Å²) in [5.74, 6) is -1.38. The monoisotopic (exact) mass is 257 g/mol. The fraction of sp³-hybridized carbons (Fsp3) is 0.571. The van der Waals surface area contributed by atoms with Crippen molar-refractivity contribution < 1.29 is 13.5 Å². The van der Waals surface area contributed by atoms with E-state index in [1.807, 2.05) is 20.8 Å². The number of hydrogen-bond acceptors (Lipinski definition) is 2. The van der Waals surface area contributed by atoms with Crippen molar-refractivity contribution in [1.82, 2.24) is 5.32 Å². The van der Waals surface area contributed by atoms with E-state index in [2.05, 4.69) is 5.32 Å². The number of ether oxygens (including phenoxy) is 1. The Morgan fingerprint density at radius 1 is 1.22 bits per heavy atom. The Labute approximate surface area is 107 Å². The third-order valence-corrected chi connectivity index (χ3v) is 2.96. The maximum Gasteiger partial charge on any atom is 0.159 e. The first-order valence-corrected chi connectivity index (χ1v) is 6.25. The highest BCUT2D eigenvalue weighted by Gasteiger charge is 2.25. The van der Waals surface area contributed by atoms with Crippen LogP contribution in [0.15, 0.2) is 18.2 Å². The molecule has 0 saturated carbocycles. The van der Waals surface area contributed by atoms with Gasteiger partial charge in [-0.15, -0.1) is 0 Å². The molecule has 0 aliphatic carbocycles. The Morgan fingerprint density at radius 3 is 2.33 bits per heavy atom. The maximum atomic E-state index is 13.3. The summed E-state index contributed by atoms with van der Waals surface area (Å²) in [6, 6.07) is 3.82. The molecule has 2 nitrogen and oxygen atoms in total. The molecule has 4 heteroatoms. The van der Waals surface area contributed by atoms with Crippen LogP contribution in [0.5, 0.6) is 0 Å². The van der Waals surface area contributed by atoms with E-state index in [9.17, 15) is 8.78 Å². The predicted molar refractivity (Wildman–Crippen MR) is 68.4 cm³/mol. The van der Waals surface area contributed by atoms with Crippen molar-refractivity contribution in [3.05, 3.63) is 35.4 Å². The van der Waals surface area contributed by atoms with Crippen LogP contribution in [0.25, 0.3) is 0 Å². The number of rotatable bonds is 6. The molecular weight excluding hydrogens is 236 g/mol. The summed E-state index contributed by atoms with van der Waals surface area (Å²) in [5, 5.41) is 3.12. The van der Waals surface area contributed by atoms with Gasteiger partial charge in [-0.05, 0) is 37.6 Å². The summed E-state index contributed by atoms with van der Waals surface area (Å²) in [6.07, 6.45) is -0.0788. The van der Waals surface area contributed by atoms with Gasteiger partial charge in [0.05, 0.1) is 12.1 Å². The highest BCUT2D eigenvalue weighted by molar-refractivity contribution is 5.22. The normalized spacial score (nSPS) is 14.8. The quantitative estimate of drug-likeness (QED) is 0.844. The zero-order chi connectivity index (χ0) is 13.7. The van der Waals surface area contributed by atoms with Crippen LogP contribution in [0, 0.1) is 17.6 Å². The Hall–Kier alpha value is -1.00. The lowest BCUT2D eigenvalue weighted by Crippen LogP contribution is -2.35. The van der Waals surface area contributed by atoms with Gasteiger partial charge >= 0.3 is 0 Å². The van der Waals surface area contributed by atoms with Gasteiger partial charge in [0.15, 0.2) is 11.6 Å². The van der Waals surface area contributed by atoms with Crippen molar-refractivity contribution >= 4 is 0 Å². The first-order chi connectivity index (χ1) is 8.51. The molecule has 0 amide bonds. The molecule has 0 fully saturated rings. The van der Waals surface area contributed by atoms with Gasteiger partial charge in [0, 0.05) is 6.61 Å². The van der Waals surface area contributed by atoms with E-state index in [0.29, 0.717) is 12.2 Å². The fourth-order valence-corrected chi connectivity index (χ4v) is 2.09. The highest BCUT2D eigenvalue weighted by atomic mass is 19.2. The number of benzene rings is 1. The molecule has 0 aliphatic rings. The minimum atomic E-state index is -0.828. The smallest absolute Gasteiger partial charge is 0.159 e. The Kier molecular flexibility index (Phi) is 5.69. The van der Waals surface area contributed by atoms with Crippen molar-refractivity contribution in [3.63, 3.8) is 0 Å². The van der Waals surface area contributed by atoms with E-state index in [4.69, 9.17) is 4.74 Å². The van der Waals surface area contributed by atoms with E-state index in [1.165, 1.54) is 6.07 Å². The molecule has 0 radical (unpaired) electrons. The maximum absolute atomic E-state index is 13.3. The molecule has 0 aromatic heterocycles. The number of nitrogens with one attached hydrogen (secondary N) is 1. The van der Waals surface area contributed by atoms with Crippen molar-refractivity contribution in [2.24, 2.45) is 5.92 Å². The van der Waals surface area contributed by atoms with Crippen molar-refractivity contribution in [2.45, 2.75) is 32.9 Å². The highest BCUT2D eigenvalue weighted by Crippen LogP contribution is 2.25. The summed E-state index contributed by atoms with van der Waals surface area (Å²) in [6.45, 7) is 6.60. The molecule has 2 atom stereocenters. The second-order valence-electron chi connectivity index (χ2n) is 4.60. The SMILES string of the molecule is CCOC(C(C)C)C(NC)c1ccc(F)c(F)c1. The standard InChI is InChI=1S/C14H21F2NO/c1-5-18-14(9(2)3)13(17-4)10-6-7-11(15)12(16)8-10/h6-9,13-14,17H,5H2,1-4H3. The number of halogens is 2. The van der Waals surface area contributed by atoms with E-state index in [0.717, 1.165) is 6.07 Å². The van der Waals surface area contributed by atoms with Gasteiger partial charge < -0.3 is 10.1 Å². The number of likely N-dealkylation sites (N-methyl/N-ethyl adjacent to an activating group) is 1. The minimum absolute atomic E-state index is 0.0788. The minimum Gasteiger partial charge on any atom is -0.376 e. The second-order valence-corrected chi connectivity index (χ2v) is 4.60. The van der Waals surface area contributed by atoms with Gasteiger partial charge in [0.2, 0.25) is 0 Å². The first kappa shape index (κ1) is 15.1. The largest absolute Gasteiger partial charge is 0.376 e. The molecular formula is C14H21F2NO. The van der Waals surface area contributed by atoms with Gasteiger partial charge in [-0.25, -0.2) is 8.78 Å². The fourth-order valence-electron chi connectivity index (χ4n) is 2.09. The van der Waals surface area contributed by atoms with E-state index in [1.54, 1.807) is 13.1 Å².